The van der Waals surface area contributed by atoms with E-state index in [0.29, 0.717) is 18.9 Å². The predicted molar refractivity (Wildman–Crippen MR) is 103 cm³/mol. The third-order valence-corrected chi connectivity index (χ3v) is 5.56. The maximum Gasteiger partial charge on any atom is 0.222 e. The second kappa shape index (κ2) is 8.81. The van der Waals surface area contributed by atoms with E-state index in [0.717, 1.165) is 37.1 Å². The molecule has 25 heavy (non-hydrogen) atoms. The molecule has 0 aromatic heterocycles. The van der Waals surface area contributed by atoms with Crippen molar-refractivity contribution in [3.8, 4) is 0 Å². The summed E-state index contributed by atoms with van der Waals surface area (Å²) in [5.41, 5.74) is 3.37. The lowest BCUT2D eigenvalue weighted by Crippen LogP contribution is -2.39. The Hall–Kier alpha value is -1.39. The number of carbonyl (C=O) groups is 1. The molecule has 2 rings (SSSR count). The van der Waals surface area contributed by atoms with Crippen LogP contribution in [-0.4, -0.2) is 53.5 Å². The molecule has 4 heteroatoms. The summed E-state index contributed by atoms with van der Waals surface area (Å²) in [6.45, 7) is 10.8. The zero-order valence-corrected chi connectivity index (χ0v) is 16.5. The van der Waals surface area contributed by atoms with Gasteiger partial charge in [0.1, 0.15) is 0 Å². The maximum absolute atomic E-state index is 12.2. The highest BCUT2D eigenvalue weighted by Gasteiger charge is 2.25. The van der Waals surface area contributed by atoms with Crippen molar-refractivity contribution in [3.05, 3.63) is 34.9 Å². The van der Waals surface area contributed by atoms with E-state index in [1.807, 2.05) is 11.9 Å². The van der Waals surface area contributed by atoms with E-state index in [4.69, 9.17) is 0 Å². The normalized spacial score (nSPS) is 17.7. The van der Waals surface area contributed by atoms with Crippen LogP contribution in [0.2, 0.25) is 0 Å². The number of nitrogens with zero attached hydrogens (tertiary/aromatic N) is 2. The van der Waals surface area contributed by atoms with Gasteiger partial charge in [-0.1, -0.05) is 23.8 Å². The Morgan fingerprint density at radius 3 is 2.52 bits per heavy atom. The number of piperidine rings is 1. The molecule has 4 nitrogen and oxygen atoms in total. The molecule has 0 radical (unpaired) electrons. The number of carbonyl (C=O) groups excluding carboxylic acids is 1. The summed E-state index contributed by atoms with van der Waals surface area (Å²) in [7, 11) is 1.89. The Morgan fingerprint density at radius 1 is 1.28 bits per heavy atom. The van der Waals surface area contributed by atoms with Crippen LogP contribution in [0.15, 0.2) is 18.2 Å². The summed E-state index contributed by atoms with van der Waals surface area (Å²) in [6, 6.07) is 6.52. The zero-order valence-electron chi connectivity index (χ0n) is 16.5. The minimum Gasteiger partial charge on any atom is -0.387 e. The second-order valence-corrected chi connectivity index (χ2v) is 7.92. The standard InChI is InChI=1S/C21H34N2O2/c1-15(2)22(5)21(25)13-18-8-10-23(11-9-18)14-20(24)19-12-16(3)6-7-17(19)4/h6-7,12,15,18,20,24H,8-11,13-14H2,1-5H3. The number of likely N-dealkylation sites (tertiary alicyclic amines) is 1. The van der Waals surface area contributed by atoms with E-state index >= 15 is 0 Å². The van der Waals surface area contributed by atoms with Crippen molar-refractivity contribution < 1.29 is 9.90 Å². The molecule has 140 valence electrons. The van der Waals surface area contributed by atoms with Crippen molar-refractivity contribution in [1.82, 2.24) is 9.80 Å². The lowest BCUT2D eigenvalue weighted by molar-refractivity contribution is -0.132. The van der Waals surface area contributed by atoms with E-state index in [-0.39, 0.29) is 11.9 Å². The van der Waals surface area contributed by atoms with Crippen LogP contribution in [0.4, 0.5) is 0 Å². The molecule has 1 saturated heterocycles. The van der Waals surface area contributed by atoms with Crippen molar-refractivity contribution in [2.24, 2.45) is 5.92 Å². The van der Waals surface area contributed by atoms with E-state index in [2.05, 4.69) is 50.8 Å². The minimum absolute atomic E-state index is 0.254. The van der Waals surface area contributed by atoms with Gasteiger partial charge in [-0.2, -0.15) is 0 Å². The first-order valence-electron chi connectivity index (χ1n) is 9.51. The van der Waals surface area contributed by atoms with Gasteiger partial charge in [0, 0.05) is 26.1 Å². The molecule has 1 aliphatic heterocycles. The number of benzene rings is 1. The van der Waals surface area contributed by atoms with Crippen LogP contribution in [0.25, 0.3) is 0 Å². The lowest BCUT2D eigenvalue weighted by Gasteiger charge is -2.34. The van der Waals surface area contributed by atoms with E-state index in [9.17, 15) is 9.90 Å². The predicted octanol–water partition coefficient (Wildman–Crippen LogP) is 3.31. The van der Waals surface area contributed by atoms with Crippen molar-refractivity contribution in [2.45, 2.75) is 59.1 Å². The number of hydrogen-bond donors (Lipinski definition) is 1. The average Bonchev–Trinajstić information content (AvgIpc) is 2.57. The average molecular weight is 347 g/mol. The zero-order chi connectivity index (χ0) is 18.6. The van der Waals surface area contributed by atoms with Gasteiger partial charge < -0.3 is 14.9 Å². The van der Waals surface area contributed by atoms with E-state index in [1.165, 1.54) is 5.56 Å². The summed E-state index contributed by atoms with van der Waals surface area (Å²) < 4.78 is 0. The van der Waals surface area contributed by atoms with E-state index in [1.54, 1.807) is 0 Å². The van der Waals surface area contributed by atoms with Gasteiger partial charge in [-0.15, -0.1) is 0 Å². The number of amides is 1. The first-order valence-corrected chi connectivity index (χ1v) is 9.51. The summed E-state index contributed by atoms with van der Waals surface area (Å²) in [6.07, 6.45) is 2.29. The Labute approximate surface area is 152 Å². The van der Waals surface area contributed by atoms with Crippen molar-refractivity contribution in [2.75, 3.05) is 26.7 Å². The largest absolute Gasteiger partial charge is 0.387 e. The molecule has 1 atom stereocenters. The van der Waals surface area contributed by atoms with Crippen LogP contribution < -0.4 is 0 Å². The van der Waals surface area contributed by atoms with E-state index < -0.39 is 6.10 Å². The molecule has 1 aromatic carbocycles. The fourth-order valence-electron chi connectivity index (χ4n) is 3.51. The van der Waals surface area contributed by atoms with Crippen LogP contribution in [0.1, 0.15) is 55.9 Å². The Morgan fingerprint density at radius 2 is 1.92 bits per heavy atom. The third kappa shape index (κ3) is 5.55. The van der Waals surface area contributed by atoms with Gasteiger partial charge in [0.15, 0.2) is 0 Å². The molecule has 1 N–H and O–H groups in total. The fourth-order valence-corrected chi connectivity index (χ4v) is 3.51. The highest BCUT2D eigenvalue weighted by Crippen LogP contribution is 2.25. The molecule has 0 aliphatic carbocycles. The molecule has 1 aromatic rings. The Bertz CT molecular complexity index is 577. The number of aliphatic hydroxyl groups excluding tert-OH is 1. The van der Waals surface area contributed by atoms with Gasteiger partial charge in [0.2, 0.25) is 5.91 Å². The molecule has 0 spiro atoms. The fraction of sp³-hybridized carbons (Fsp3) is 0.667. The molecule has 1 fully saturated rings. The number of aliphatic hydroxyl groups is 1. The van der Waals surface area contributed by atoms with Crippen LogP contribution in [0, 0.1) is 19.8 Å². The molecular formula is C21H34N2O2. The van der Waals surface area contributed by atoms with Crippen LogP contribution in [-0.2, 0) is 4.79 Å². The molecule has 0 bridgehead atoms. The highest BCUT2D eigenvalue weighted by molar-refractivity contribution is 5.76. The highest BCUT2D eigenvalue weighted by atomic mass is 16.3. The van der Waals surface area contributed by atoms with Gasteiger partial charge in [0.05, 0.1) is 6.10 Å². The minimum atomic E-state index is -0.440. The van der Waals surface area contributed by atoms with Crippen LogP contribution in [0.3, 0.4) is 0 Å². The van der Waals surface area contributed by atoms with Crippen molar-refractivity contribution in [1.29, 1.82) is 0 Å². The molecule has 0 saturated carbocycles. The van der Waals surface area contributed by atoms with Crippen LogP contribution >= 0.6 is 0 Å². The van der Waals surface area contributed by atoms with Gasteiger partial charge in [-0.3, -0.25) is 4.79 Å². The van der Waals surface area contributed by atoms with Crippen molar-refractivity contribution >= 4 is 5.91 Å². The topological polar surface area (TPSA) is 43.8 Å². The smallest absolute Gasteiger partial charge is 0.222 e. The summed E-state index contributed by atoms with van der Waals surface area (Å²) in [5.74, 6) is 0.728. The molecule has 1 heterocycles. The lowest BCUT2D eigenvalue weighted by atomic mass is 9.92. The van der Waals surface area contributed by atoms with Gasteiger partial charge >= 0.3 is 0 Å². The summed E-state index contributed by atoms with van der Waals surface area (Å²) >= 11 is 0. The number of aryl methyl sites for hydroxylation is 2. The summed E-state index contributed by atoms with van der Waals surface area (Å²) in [4.78, 5) is 16.4. The SMILES string of the molecule is Cc1ccc(C)c(C(O)CN2CCC(CC(=O)N(C)C(C)C)CC2)c1. The van der Waals surface area contributed by atoms with Gasteiger partial charge in [-0.05, 0) is 70.7 Å². The Balaban J connectivity index is 1.82. The van der Waals surface area contributed by atoms with Gasteiger partial charge in [0.25, 0.3) is 0 Å². The molecule has 1 aliphatic rings. The quantitative estimate of drug-likeness (QED) is 0.859. The van der Waals surface area contributed by atoms with Crippen LogP contribution in [0.5, 0.6) is 0 Å². The van der Waals surface area contributed by atoms with Crippen molar-refractivity contribution in [3.63, 3.8) is 0 Å². The second-order valence-electron chi connectivity index (χ2n) is 7.92. The first-order chi connectivity index (χ1) is 11.8. The molecular weight excluding hydrogens is 312 g/mol. The Kier molecular flexibility index (Phi) is 7.03. The number of hydrogen-bond acceptors (Lipinski definition) is 3. The number of rotatable bonds is 6. The third-order valence-electron chi connectivity index (χ3n) is 5.56. The van der Waals surface area contributed by atoms with Gasteiger partial charge in [-0.25, -0.2) is 0 Å². The maximum atomic E-state index is 12.2. The molecule has 1 unspecified atom stereocenters. The molecule has 1 amide bonds. The monoisotopic (exact) mass is 346 g/mol. The number of β-amino-alcohol motifs (C(OH)–C–C–N with tert-alkyl or cyclic N) is 1. The first kappa shape index (κ1) is 19.9. The summed E-state index contributed by atoms with van der Waals surface area (Å²) in [5, 5.41) is 10.6.